The number of anilines is 2. The van der Waals surface area contributed by atoms with Gasteiger partial charge in [-0.25, -0.2) is 0 Å². The van der Waals surface area contributed by atoms with Gasteiger partial charge < -0.3 is 20.8 Å². The van der Waals surface area contributed by atoms with E-state index in [1.54, 1.807) is 36.4 Å². The minimum absolute atomic E-state index is 0.0897. The third kappa shape index (κ3) is 7.62. The summed E-state index contributed by atoms with van der Waals surface area (Å²) in [6, 6.07) is 47.8. The summed E-state index contributed by atoms with van der Waals surface area (Å²) in [5, 5.41) is 49.1. The van der Waals surface area contributed by atoms with Crippen molar-refractivity contribution in [1.82, 2.24) is 0 Å². The predicted molar refractivity (Wildman–Crippen MR) is 230 cm³/mol. The maximum Gasteiger partial charge on any atom is 0.259 e. The maximum atomic E-state index is 13.2. The van der Waals surface area contributed by atoms with Crippen LogP contribution in [0.15, 0.2) is 178 Å². The normalized spacial score (nSPS) is 11.4. The number of para-hydroxylation sites is 2. The van der Waals surface area contributed by atoms with Crippen LogP contribution in [-0.2, 0) is 0 Å². The van der Waals surface area contributed by atoms with Gasteiger partial charge in [-0.1, -0.05) is 97.1 Å². The fraction of sp³-hybridized carbons (Fsp3) is 0.0417. The molecule has 8 aromatic rings. The fourth-order valence-corrected chi connectivity index (χ4v) is 6.73. The minimum Gasteiger partial charge on any atom is -0.505 e. The summed E-state index contributed by atoms with van der Waals surface area (Å²) in [5.74, 6) is -1.44. The molecule has 8 rings (SSSR count). The molecule has 0 saturated heterocycles. The van der Waals surface area contributed by atoms with Crippen LogP contribution in [0.25, 0.3) is 32.7 Å². The lowest BCUT2D eigenvalue weighted by molar-refractivity contribution is 0.101. The molecular formula is C48H36N6O4. The van der Waals surface area contributed by atoms with Crippen LogP contribution in [0, 0.1) is 13.8 Å². The summed E-state index contributed by atoms with van der Waals surface area (Å²) < 4.78 is 0. The molecule has 0 bridgehead atoms. The Kier molecular flexibility index (Phi) is 10.2. The van der Waals surface area contributed by atoms with Crippen molar-refractivity contribution in [3.63, 3.8) is 0 Å². The second-order valence-corrected chi connectivity index (χ2v) is 13.7. The van der Waals surface area contributed by atoms with Crippen molar-refractivity contribution in [2.24, 2.45) is 20.5 Å². The molecule has 0 fully saturated rings. The van der Waals surface area contributed by atoms with Gasteiger partial charge in [0.15, 0.2) is 11.5 Å². The van der Waals surface area contributed by atoms with Crippen molar-refractivity contribution in [2.45, 2.75) is 13.8 Å². The third-order valence-corrected chi connectivity index (χ3v) is 9.79. The van der Waals surface area contributed by atoms with Gasteiger partial charge >= 0.3 is 0 Å². The SMILES string of the molecule is Cc1cc(-c2ccc(/N=N/c3c(O)c(C(=O)Nc4ccccc4)cc4ccccc34)c(C)c2)ccc1/N=N/c1c(O)c(C(=O)Nc2ccccc2)cc2ccccc12. The quantitative estimate of drug-likeness (QED) is 0.108. The zero-order valence-corrected chi connectivity index (χ0v) is 31.5. The number of phenolic OH excluding ortho intramolecular Hbond substituents is 2. The van der Waals surface area contributed by atoms with Gasteiger partial charge in [-0.05, 0) is 108 Å². The number of aromatic hydroxyl groups is 2. The Labute approximate surface area is 333 Å². The number of hydrogen-bond acceptors (Lipinski definition) is 8. The Bertz CT molecular complexity index is 2730. The van der Waals surface area contributed by atoms with Crippen molar-refractivity contribution in [2.75, 3.05) is 10.6 Å². The molecule has 0 unspecified atom stereocenters. The highest BCUT2D eigenvalue weighted by Gasteiger charge is 2.20. The molecule has 8 aromatic carbocycles. The molecule has 2 amide bonds. The number of amides is 2. The number of fused-ring (bicyclic) bond motifs is 2. The number of aryl methyl sites for hydroxylation is 2. The Morgan fingerprint density at radius 1 is 0.448 bits per heavy atom. The van der Waals surface area contributed by atoms with E-state index in [2.05, 4.69) is 31.1 Å². The van der Waals surface area contributed by atoms with E-state index in [9.17, 15) is 19.8 Å². The number of nitrogens with zero attached hydrogens (tertiary/aromatic N) is 4. The van der Waals surface area contributed by atoms with Crippen LogP contribution in [0.4, 0.5) is 34.1 Å². The average Bonchev–Trinajstić information content (AvgIpc) is 3.24. The van der Waals surface area contributed by atoms with Crippen LogP contribution in [-0.4, -0.2) is 22.0 Å². The molecule has 0 radical (unpaired) electrons. The standard InChI is InChI=1S/C48H36N6O4/c1-29-25-31(21-23-41(29)51-53-43-37-19-11-9-13-33(37)27-39(45(43)55)47(57)49-35-15-5-3-6-16-35)32-22-24-42(30(2)26-32)52-54-44-38-20-12-10-14-34(38)28-40(46(44)56)48(58)50-36-17-7-4-8-18-36/h3-28,55-56H,1-2H3,(H,49,57)(H,50,58)/b53-51+,54-52+. The first-order chi connectivity index (χ1) is 28.2. The number of hydrogen-bond donors (Lipinski definition) is 4. The van der Waals surface area contributed by atoms with Crippen molar-refractivity contribution in [3.8, 4) is 22.6 Å². The van der Waals surface area contributed by atoms with E-state index in [1.165, 1.54) is 0 Å². The Morgan fingerprint density at radius 3 is 1.22 bits per heavy atom. The van der Waals surface area contributed by atoms with Crippen LogP contribution in [0.2, 0.25) is 0 Å². The van der Waals surface area contributed by atoms with Gasteiger partial charge in [0.2, 0.25) is 0 Å². The lowest BCUT2D eigenvalue weighted by atomic mass is 10.00. The molecule has 0 aliphatic rings. The van der Waals surface area contributed by atoms with E-state index < -0.39 is 11.8 Å². The zero-order valence-electron chi connectivity index (χ0n) is 31.5. The molecular weight excluding hydrogens is 725 g/mol. The molecule has 282 valence electrons. The van der Waals surface area contributed by atoms with Crippen LogP contribution >= 0.6 is 0 Å². The van der Waals surface area contributed by atoms with Gasteiger partial charge in [0.1, 0.15) is 11.4 Å². The van der Waals surface area contributed by atoms with E-state index >= 15 is 0 Å². The van der Waals surface area contributed by atoms with Crippen LogP contribution in [0.5, 0.6) is 11.5 Å². The van der Waals surface area contributed by atoms with Crippen molar-refractivity contribution < 1.29 is 19.8 Å². The number of rotatable bonds is 9. The number of benzene rings is 8. The second kappa shape index (κ2) is 16.0. The van der Waals surface area contributed by atoms with Gasteiger partial charge in [0.25, 0.3) is 11.8 Å². The smallest absolute Gasteiger partial charge is 0.259 e. The molecule has 0 saturated carbocycles. The largest absolute Gasteiger partial charge is 0.505 e. The zero-order chi connectivity index (χ0) is 40.2. The molecule has 0 aliphatic heterocycles. The first kappa shape index (κ1) is 37.0. The molecule has 0 heterocycles. The molecule has 0 aromatic heterocycles. The predicted octanol–water partition coefficient (Wildman–Crippen LogP) is 13.0. The van der Waals surface area contributed by atoms with E-state index in [1.807, 2.05) is 135 Å². The number of azo groups is 2. The van der Waals surface area contributed by atoms with E-state index in [4.69, 9.17) is 0 Å². The van der Waals surface area contributed by atoms with Crippen LogP contribution in [0.3, 0.4) is 0 Å². The molecule has 0 aliphatic carbocycles. The third-order valence-electron chi connectivity index (χ3n) is 9.79. The first-order valence-corrected chi connectivity index (χ1v) is 18.5. The maximum absolute atomic E-state index is 13.2. The monoisotopic (exact) mass is 760 g/mol. The van der Waals surface area contributed by atoms with Gasteiger partial charge in [-0.3, -0.25) is 9.59 Å². The molecule has 0 atom stereocenters. The molecule has 0 spiro atoms. The Hall–Kier alpha value is -7.98. The Balaban J connectivity index is 1.05. The van der Waals surface area contributed by atoms with Gasteiger partial charge in [0.05, 0.1) is 22.5 Å². The van der Waals surface area contributed by atoms with Crippen molar-refractivity contribution in [1.29, 1.82) is 0 Å². The average molecular weight is 761 g/mol. The van der Waals surface area contributed by atoms with E-state index in [0.29, 0.717) is 33.5 Å². The highest BCUT2D eigenvalue weighted by atomic mass is 16.3. The van der Waals surface area contributed by atoms with Crippen LogP contribution in [0.1, 0.15) is 31.8 Å². The lowest BCUT2D eigenvalue weighted by Gasteiger charge is -2.12. The number of carbonyl (C=O) groups excluding carboxylic acids is 2. The summed E-state index contributed by atoms with van der Waals surface area (Å²) in [6.45, 7) is 3.86. The number of phenols is 2. The number of carbonyl (C=O) groups is 2. The fourth-order valence-electron chi connectivity index (χ4n) is 6.73. The first-order valence-electron chi connectivity index (χ1n) is 18.5. The minimum atomic E-state index is -0.460. The lowest BCUT2D eigenvalue weighted by Crippen LogP contribution is -2.12. The topological polar surface area (TPSA) is 148 Å². The summed E-state index contributed by atoms with van der Waals surface area (Å²) in [5.41, 5.74) is 6.57. The van der Waals surface area contributed by atoms with Gasteiger partial charge in [-0.2, -0.15) is 10.2 Å². The van der Waals surface area contributed by atoms with Crippen LogP contribution < -0.4 is 10.6 Å². The Morgan fingerprint density at radius 2 is 0.828 bits per heavy atom. The number of nitrogens with one attached hydrogen (secondary N) is 2. The summed E-state index contributed by atoms with van der Waals surface area (Å²) >= 11 is 0. The van der Waals surface area contributed by atoms with E-state index in [-0.39, 0.29) is 34.0 Å². The molecule has 10 heteroatoms. The highest BCUT2D eigenvalue weighted by Crippen LogP contribution is 2.42. The summed E-state index contributed by atoms with van der Waals surface area (Å²) in [7, 11) is 0. The molecule has 4 N–H and O–H groups in total. The molecule has 58 heavy (non-hydrogen) atoms. The second-order valence-electron chi connectivity index (χ2n) is 13.7. The summed E-state index contributed by atoms with van der Waals surface area (Å²) in [6.07, 6.45) is 0. The van der Waals surface area contributed by atoms with E-state index in [0.717, 1.165) is 33.0 Å². The summed E-state index contributed by atoms with van der Waals surface area (Å²) in [4.78, 5) is 26.5. The van der Waals surface area contributed by atoms with Gasteiger partial charge in [0, 0.05) is 22.1 Å². The van der Waals surface area contributed by atoms with Crippen molar-refractivity contribution in [3.05, 3.63) is 180 Å². The van der Waals surface area contributed by atoms with Crippen molar-refractivity contribution >= 4 is 67.5 Å². The highest BCUT2D eigenvalue weighted by molar-refractivity contribution is 6.12. The van der Waals surface area contributed by atoms with Gasteiger partial charge in [-0.15, -0.1) is 10.2 Å². The molecule has 10 nitrogen and oxygen atoms in total.